The summed E-state index contributed by atoms with van der Waals surface area (Å²) in [6.45, 7) is 14.0. The number of alkyl carbamates (subject to hydrolysis) is 1. The lowest BCUT2D eigenvalue weighted by atomic mass is 9.84. The van der Waals surface area contributed by atoms with Crippen molar-refractivity contribution in [2.45, 2.75) is 90.5 Å². The highest BCUT2D eigenvalue weighted by molar-refractivity contribution is 8.00. The quantitative estimate of drug-likeness (QED) is 0.523. The molecule has 1 saturated carbocycles. The first-order valence-corrected chi connectivity index (χ1v) is 10.4. The fourth-order valence-electron chi connectivity index (χ4n) is 2.87. The molecule has 1 atom stereocenters. The Morgan fingerprint density at radius 1 is 1.23 bits per heavy atom. The summed E-state index contributed by atoms with van der Waals surface area (Å²) in [5.74, 6) is 0.0777. The molecule has 6 heteroatoms. The molecule has 0 saturated heterocycles. The second-order valence-electron chi connectivity index (χ2n) is 8.32. The van der Waals surface area contributed by atoms with Crippen molar-refractivity contribution in [1.82, 2.24) is 5.32 Å². The van der Waals surface area contributed by atoms with Crippen LogP contribution in [-0.4, -0.2) is 40.8 Å². The Balaban J connectivity index is 2.67. The smallest absolute Gasteiger partial charge is 0.408 e. The molecule has 5 nitrogen and oxygen atoms in total. The molecule has 0 aliphatic heterocycles. The fourth-order valence-corrected chi connectivity index (χ4v) is 4.15. The Morgan fingerprint density at radius 3 is 2.27 bits per heavy atom. The van der Waals surface area contributed by atoms with Crippen LogP contribution in [0, 0.1) is 0 Å². The van der Waals surface area contributed by atoms with Crippen LogP contribution in [0.3, 0.4) is 0 Å². The van der Waals surface area contributed by atoms with Gasteiger partial charge in [0, 0.05) is 10.5 Å². The molecule has 0 aromatic carbocycles. The molecule has 0 aromatic rings. The van der Waals surface area contributed by atoms with E-state index >= 15 is 0 Å². The second kappa shape index (κ2) is 9.67. The molecular formula is C20H35NO4S. The fraction of sp³-hybridized carbons (Fsp3) is 0.800. The van der Waals surface area contributed by atoms with E-state index in [0.29, 0.717) is 5.75 Å². The van der Waals surface area contributed by atoms with Crippen LogP contribution in [0.4, 0.5) is 4.79 Å². The van der Waals surface area contributed by atoms with Crippen LogP contribution in [0.5, 0.6) is 0 Å². The van der Waals surface area contributed by atoms with Gasteiger partial charge in [0.05, 0.1) is 6.61 Å². The van der Waals surface area contributed by atoms with E-state index in [9.17, 15) is 9.59 Å². The van der Waals surface area contributed by atoms with Gasteiger partial charge in [-0.05, 0) is 67.2 Å². The summed E-state index contributed by atoms with van der Waals surface area (Å²) in [5.41, 5.74) is 2.37. The molecule has 1 aliphatic carbocycles. The summed E-state index contributed by atoms with van der Waals surface area (Å²) in [6, 6.07) is -0.698. The van der Waals surface area contributed by atoms with E-state index in [2.05, 4.69) is 26.1 Å². The minimum absolute atomic E-state index is 0.110. The number of thioether (sulfide) groups is 1. The van der Waals surface area contributed by atoms with Crippen LogP contribution < -0.4 is 5.32 Å². The summed E-state index contributed by atoms with van der Waals surface area (Å²) in [5, 5.41) is 2.68. The van der Waals surface area contributed by atoms with Crippen LogP contribution in [-0.2, 0) is 14.3 Å². The van der Waals surface area contributed by atoms with Gasteiger partial charge in [-0.3, -0.25) is 0 Å². The van der Waals surface area contributed by atoms with Crippen molar-refractivity contribution in [2.75, 3.05) is 12.4 Å². The van der Waals surface area contributed by atoms with Gasteiger partial charge in [0.15, 0.2) is 0 Å². The van der Waals surface area contributed by atoms with Crippen molar-refractivity contribution in [3.63, 3.8) is 0 Å². The highest BCUT2D eigenvalue weighted by Crippen LogP contribution is 2.42. The zero-order chi connectivity index (χ0) is 20.0. The second-order valence-corrected chi connectivity index (χ2v) is 9.92. The van der Waals surface area contributed by atoms with Gasteiger partial charge in [0.1, 0.15) is 11.6 Å². The van der Waals surface area contributed by atoms with Crippen LogP contribution >= 0.6 is 11.8 Å². The van der Waals surface area contributed by atoms with E-state index < -0.39 is 23.7 Å². The molecule has 1 aliphatic rings. The molecule has 26 heavy (non-hydrogen) atoms. The van der Waals surface area contributed by atoms with E-state index in [1.165, 1.54) is 5.57 Å². The molecule has 150 valence electrons. The molecule has 0 bridgehead atoms. The third kappa shape index (κ3) is 8.02. The monoisotopic (exact) mass is 385 g/mol. The van der Waals surface area contributed by atoms with Crippen LogP contribution in [0.2, 0.25) is 0 Å². The normalized spacial score (nSPS) is 21.7. The molecule has 0 spiro atoms. The Labute approximate surface area is 162 Å². The number of amides is 1. The summed E-state index contributed by atoms with van der Waals surface area (Å²) in [4.78, 5) is 24.3. The summed E-state index contributed by atoms with van der Waals surface area (Å²) >= 11 is 1.74. The molecule has 1 fully saturated rings. The molecule has 0 aromatic heterocycles. The van der Waals surface area contributed by atoms with E-state index in [1.54, 1.807) is 45.0 Å². The van der Waals surface area contributed by atoms with Gasteiger partial charge in [-0.2, -0.15) is 11.8 Å². The molecule has 1 amide bonds. The number of hydrogen-bond acceptors (Lipinski definition) is 5. The number of rotatable bonds is 6. The Hall–Kier alpha value is -1.17. The zero-order valence-electron chi connectivity index (χ0n) is 17.4. The average Bonchev–Trinajstić information content (AvgIpc) is 2.50. The molecule has 0 radical (unpaired) electrons. The van der Waals surface area contributed by atoms with Crippen molar-refractivity contribution in [2.24, 2.45) is 0 Å². The highest BCUT2D eigenvalue weighted by atomic mass is 32.2. The van der Waals surface area contributed by atoms with E-state index in [1.807, 2.05) is 0 Å². The number of hydrogen-bond donors (Lipinski definition) is 1. The molecular weight excluding hydrogens is 350 g/mol. The Morgan fingerprint density at radius 2 is 1.81 bits per heavy atom. The van der Waals surface area contributed by atoms with Crippen molar-refractivity contribution >= 4 is 23.8 Å². The Kier molecular flexibility index (Phi) is 8.51. The van der Waals surface area contributed by atoms with Gasteiger partial charge in [0.2, 0.25) is 0 Å². The zero-order valence-corrected chi connectivity index (χ0v) is 18.2. The standard InChI is InChI=1S/C20H35NO4S/c1-8-24-17(22)16(21-18(23)25-19(4,5)6)13-26-20(7)11-9-15(10-12-20)14(2)3/h16H,8-13H2,1-7H3,(H,21,23)/t16-/m0/s1. The largest absolute Gasteiger partial charge is 0.464 e. The van der Waals surface area contributed by atoms with Gasteiger partial charge in [-0.1, -0.05) is 18.1 Å². The number of allylic oxidation sites excluding steroid dienone is 2. The molecule has 1 rings (SSSR count). The van der Waals surface area contributed by atoms with E-state index in [-0.39, 0.29) is 11.4 Å². The maximum absolute atomic E-state index is 12.2. The summed E-state index contributed by atoms with van der Waals surface area (Å²) in [6.07, 6.45) is 3.79. The number of carbonyl (C=O) groups excluding carboxylic acids is 2. The van der Waals surface area contributed by atoms with Gasteiger partial charge in [-0.25, -0.2) is 9.59 Å². The van der Waals surface area contributed by atoms with Gasteiger partial charge < -0.3 is 14.8 Å². The molecule has 0 unspecified atom stereocenters. The van der Waals surface area contributed by atoms with Crippen molar-refractivity contribution in [3.05, 3.63) is 11.1 Å². The van der Waals surface area contributed by atoms with E-state index in [0.717, 1.165) is 25.7 Å². The topological polar surface area (TPSA) is 64.6 Å². The summed E-state index contributed by atoms with van der Waals surface area (Å²) in [7, 11) is 0. The molecule has 0 heterocycles. The third-order valence-corrected chi connectivity index (χ3v) is 6.08. The number of nitrogens with one attached hydrogen (secondary N) is 1. The van der Waals surface area contributed by atoms with Gasteiger partial charge in [0.25, 0.3) is 0 Å². The minimum atomic E-state index is -0.698. The van der Waals surface area contributed by atoms with Crippen molar-refractivity contribution in [3.8, 4) is 0 Å². The first kappa shape index (κ1) is 22.9. The van der Waals surface area contributed by atoms with Crippen LogP contribution in [0.25, 0.3) is 0 Å². The van der Waals surface area contributed by atoms with Crippen LogP contribution in [0.15, 0.2) is 11.1 Å². The first-order chi connectivity index (χ1) is 12.0. The lowest BCUT2D eigenvalue weighted by Gasteiger charge is -2.35. The number of esters is 1. The average molecular weight is 386 g/mol. The predicted molar refractivity (Wildman–Crippen MR) is 107 cm³/mol. The number of ether oxygens (including phenoxy) is 2. The summed E-state index contributed by atoms with van der Waals surface area (Å²) < 4.78 is 10.5. The van der Waals surface area contributed by atoms with E-state index in [4.69, 9.17) is 9.47 Å². The Bertz CT molecular complexity index is 522. The third-order valence-electron chi connectivity index (χ3n) is 4.48. The SMILES string of the molecule is CCOC(=O)[C@H](CSC1(C)CCC(=C(C)C)CC1)NC(=O)OC(C)(C)C. The minimum Gasteiger partial charge on any atom is -0.464 e. The lowest BCUT2D eigenvalue weighted by molar-refractivity contribution is -0.145. The lowest BCUT2D eigenvalue weighted by Crippen LogP contribution is -2.46. The van der Waals surface area contributed by atoms with Crippen molar-refractivity contribution in [1.29, 1.82) is 0 Å². The number of carbonyl (C=O) groups is 2. The first-order valence-electron chi connectivity index (χ1n) is 9.41. The van der Waals surface area contributed by atoms with Crippen LogP contribution in [0.1, 0.15) is 74.1 Å². The maximum Gasteiger partial charge on any atom is 0.408 e. The highest BCUT2D eigenvalue weighted by Gasteiger charge is 2.33. The maximum atomic E-state index is 12.2. The van der Waals surface area contributed by atoms with Gasteiger partial charge in [-0.15, -0.1) is 0 Å². The van der Waals surface area contributed by atoms with Gasteiger partial charge >= 0.3 is 12.1 Å². The predicted octanol–water partition coefficient (Wildman–Crippen LogP) is 4.85. The molecule has 1 N–H and O–H groups in total. The van der Waals surface area contributed by atoms with Crippen molar-refractivity contribution < 1.29 is 19.1 Å².